The minimum atomic E-state index is -4.06. The summed E-state index contributed by atoms with van der Waals surface area (Å²) in [7, 11) is -4.06. The second kappa shape index (κ2) is 11.6. The Morgan fingerprint density at radius 1 is 1.03 bits per heavy atom. The van der Waals surface area contributed by atoms with Crippen molar-refractivity contribution in [1.29, 1.82) is 0 Å². The first-order chi connectivity index (χ1) is 17.3. The van der Waals surface area contributed by atoms with E-state index in [1.807, 2.05) is 30.3 Å². The molecule has 2 heterocycles. The van der Waals surface area contributed by atoms with Crippen molar-refractivity contribution in [2.45, 2.75) is 43.3 Å². The average Bonchev–Trinajstić information content (AvgIpc) is 3.11. The van der Waals surface area contributed by atoms with E-state index in [4.69, 9.17) is 11.6 Å². The lowest BCUT2D eigenvalue weighted by atomic mass is 10.1. The molecule has 0 radical (unpaired) electrons. The molecule has 1 atom stereocenters. The zero-order valence-electron chi connectivity index (χ0n) is 19.6. The van der Waals surface area contributed by atoms with E-state index in [1.54, 1.807) is 24.3 Å². The molecule has 2 aromatic carbocycles. The van der Waals surface area contributed by atoms with E-state index in [1.165, 1.54) is 22.6 Å². The molecule has 1 aromatic heterocycles. The van der Waals surface area contributed by atoms with Crippen LogP contribution < -0.4 is 10.6 Å². The molecule has 0 bridgehead atoms. The first-order valence-electron chi connectivity index (χ1n) is 11.7. The number of aromatic nitrogens is 1. The van der Waals surface area contributed by atoms with Crippen LogP contribution in [0.2, 0.25) is 5.15 Å². The second-order valence-corrected chi connectivity index (χ2v) is 10.8. The van der Waals surface area contributed by atoms with Crippen molar-refractivity contribution in [2.24, 2.45) is 0 Å². The molecule has 10 heteroatoms. The molecule has 188 valence electrons. The van der Waals surface area contributed by atoms with Crippen LogP contribution in [0, 0.1) is 0 Å². The Hall–Kier alpha value is -3.27. The van der Waals surface area contributed by atoms with Crippen molar-refractivity contribution in [2.75, 3.05) is 6.54 Å². The number of rotatable bonds is 8. The number of halogens is 1. The Morgan fingerprint density at radius 3 is 2.47 bits per heavy atom. The summed E-state index contributed by atoms with van der Waals surface area (Å²) in [5.74, 6) is -0.555. The summed E-state index contributed by atoms with van der Waals surface area (Å²) >= 11 is 5.85. The van der Waals surface area contributed by atoms with Gasteiger partial charge in [0, 0.05) is 31.4 Å². The molecule has 4 rings (SSSR count). The summed E-state index contributed by atoms with van der Waals surface area (Å²) in [6.45, 7) is 0.882. The van der Waals surface area contributed by atoms with Crippen molar-refractivity contribution in [3.63, 3.8) is 0 Å². The maximum absolute atomic E-state index is 13.6. The van der Waals surface area contributed by atoms with Crippen LogP contribution in [0.1, 0.15) is 40.7 Å². The number of hydrogen-bond donors (Lipinski definition) is 2. The van der Waals surface area contributed by atoms with Gasteiger partial charge in [0.25, 0.3) is 5.91 Å². The predicted molar refractivity (Wildman–Crippen MR) is 137 cm³/mol. The highest BCUT2D eigenvalue weighted by molar-refractivity contribution is 7.89. The van der Waals surface area contributed by atoms with E-state index in [9.17, 15) is 18.0 Å². The van der Waals surface area contributed by atoms with Crippen molar-refractivity contribution < 1.29 is 18.0 Å². The molecule has 1 aliphatic heterocycles. The molecule has 2 amide bonds. The fourth-order valence-corrected chi connectivity index (χ4v) is 5.70. The lowest BCUT2D eigenvalue weighted by Crippen LogP contribution is -2.48. The highest BCUT2D eigenvalue weighted by Crippen LogP contribution is 2.25. The Bertz CT molecular complexity index is 1300. The predicted octanol–water partition coefficient (Wildman–Crippen LogP) is 3.52. The third-order valence-corrected chi connectivity index (χ3v) is 8.07. The zero-order chi connectivity index (χ0) is 25.5. The summed E-state index contributed by atoms with van der Waals surface area (Å²) in [6, 6.07) is 18.2. The van der Waals surface area contributed by atoms with Crippen molar-refractivity contribution >= 4 is 33.4 Å². The van der Waals surface area contributed by atoms with E-state index in [-0.39, 0.29) is 28.4 Å². The van der Waals surface area contributed by atoms with Crippen LogP contribution in [0.15, 0.2) is 77.8 Å². The SMILES string of the molecule is O=C(NCc1ccccc1)c1ccc(CN(C2CCCCNC2=O)S(=O)(=O)c2ccc(Cl)nc2)cc1. The van der Waals surface area contributed by atoms with Gasteiger partial charge in [0.1, 0.15) is 16.1 Å². The van der Waals surface area contributed by atoms with Gasteiger partial charge in [-0.05, 0) is 54.7 Å². The van der Waals surface area contributed by atoms with Crippen LogP contribution in [0.4, 0.5) is 0 Å². The summed E-state index contributed by atoms with van der Waals surface area (Å²) in [4.78, 5) is 29.2. The Morgan fingerprint density at radius 2 is 1.78 bits per heavy atom. The topological polar surface area (TPSA) is 108 Å². The molecular weight excluding hydrogens is 500 g/mol. The summed E-state index contributed by atoms with van der Waals surface area (Å²) < 4.78 is 28.4. The number of amides is 2. The minimum absolute atomic E-state index is 0.0328. The van der Waals surface area contributed by atoms with Gasteiger partial charge in [-0.25, -0.2) is 13.4 Å². The molecular formula is C26H27ClN4O4S. The lowest BCUT2D eigenvalue weighted by molar-refractivity contribution is -0.124. The van der Waals surface area contributed by atoms with Crippen molar-refractivity contribution in [1.82, 2.24) is 19.9 Å². The molecule has 8 nitrogen and oxygen atoms in total. The number of nitrogens with one attached hydrogen (secondary N) is 2. The third-order valence-electron chi connectivity index (χ3n) is 6.01. The molecule has 1 aliphatic rings. The van der Waals surface area contributed by atoms with Crippen LogP contribution in [-0.4, -0.2) is 42.1 Å². The van der Waals surface area contributed by atoms with Gasteiger partial charge in [-0.2, -0.15) is 4.31 Å². The maximum Gasteiger partial charge on any atom is 0.251 e. The molecule has 0 aliphatic carbocycles. The highest BCUT2D eigenvalue weighted by atomic mass is 35.5. The quantitative estimate of drug-likeness (QED) is 0.436. The average molecular weight is 527 g/mol. The number of hydrogen-bond acceptors (Lipinski definition) is 5. The molecule has 1 fully saturated rings. The fourth-order valence-electron chi connectivity index (χ4n) is 4.03. The standard InChI is InChI=1S/C26H27ClN4O4S/c27-24-14-13-22(17-29-24)36(34,35)31(23-8-4-5-15-28-26(23)33)18-20-9-11-21(12-10-20)25(32)30-16-19-6-2-1-3-7-19/h1-3,6-7,9-14,17,23H,4-5,8,15-16,18H2,(H,28,33)(H,30,32). The smallest absolute Gasteiger partial charge is 0.251 e. The molecule has 1 unspecified atom stereocenters. The fraction of sp³-hybridized carbons (Fsp3) is 0.269. The summed E-state index contributed by atoms with van der Waals surface area (Å²) in [6.07, 6.45) is 3.10. The first kappa shape index (κ1) is 25.8. The maximum atomic E-state index is 13.6. The van der Waals surface area contributed by atoms with Gasteiger partial charge >= 0.3 is 0 Å². The number of carbonyl (C=O) groups excluding carboxylic acids is 2. The number of pyridine rings is 1. The van der Waals surface area contributed by atoms with E-state index >= 15 is 0 Å². The largest absolute Gasteiger partial charge is 0.355 e. The van der Waals surface area contributed by atoms with Crippen LogP contribution in [0.3, 0.4) is 0 Å². The number of nitrogens with zero attached hydrogens (tertiary/aromatic N) is 2. The van der Waals surface area contributed by atoms with Crippen molar-refractivity contribution in [3.8, 4) is 0 Å². The monoisotopic (exact) mass is 526 g/mol. The van der Waals surface area contributed by atoms with Gasteiger partial charge < -0.3 is 10.6 Å². The van der Waals surface area contributed by atoms with Crippen LogP contribution >= 0.6 is 11.6 Å². The molecule has 36 heavy (non-hydrogen) atoms. The summed E-state index contributed by atoms with van der Waals surface area (Å²) in [5.41, 5.74) is 2.09. The van der Waals surface area contributed by atoms with E-state index < -0.39 is 16.1 Å². The molecule has 1 saturated heterocycles. The summed E-state index contributed by atoms with van der Waals surface area (Å²) in [5, 5.41) is 5.86. The van der Waals surface area contributed by atoms with E-state index in [2.05, 4.69) is 15.6 Å². The van der Waals surface area contributed by atoms with Crippen LogP contribution in [-0.2, 0) is 27.9 Å². The Kier molecular flexibility index (Phi) is 8.35. The van der Waals surface area contributed by atoms with Gasteiger partial charge in [0.15, 0.2) is 0 Å². The van der Waals surface area contributed by atoms with Crippen LogP contribution in [0.25, 0.3) is 0 Å². The van der Waals surface area contributed by atoms with Gasteiger partial charge in [0.05, 0.1) is 0 Å². The first-order valence-corrected chi connectivity index (χ1v) is 13.5. The van der Waals surface area contributed by atoms with Gasteiger partial charge in [-0.1, -0.05) is 54.1 Å². The number of carbonyl (C=O) groups is 2. The van der Waals surface area contributed by atoms with E-state index in [0.29, 0.717) is 30.6 Å². The third kappa shape index (κ3) is 6.29. The van der Waals surface area contributed by atoms with E-state index in [0.717, 1.165) is 18.4 Å². The highest BCUT2D eigenvalue weighted by Gasteiger charge is 2.36. The zero-order valence-corrected chi connectivity index (χ0v) is 21.1. The number of benzene rings is 2. The Balaban J connectivity index is 1.55. The van der Waals surface area contributed by atoms with Gasteiger partial charge in [-0.15, -0.1) is 0 Å². The number of sulfonamides is 1. The lowest BCUT2D eigenvalue weighted by Gasteiger charge is -2.29. The van der Waals surface area contributed by atoms with Crippen molar-refractivity contribution in [3.05, 3.63) is 94.8 Å². The molecule has 3 aromatic rings. The normalized spacial score (nSPS) is 16.3. The molecule has 0 saturated carbocycles. The van der Waals surface area contributed by atoms with Gasteiger partial charge in [0.2, 0.25) is 15.9 Å². The molecule has 2 N–H and O–H groups in total. The van der Waals surface area contributed by atoms with Crippen LogP contribution in [0.5, 0.6) is 0 Å². The second-order valence-electron chi connectivity index (χ2n) is 8.53. The Labute approximate surface area is 215 Å². The minimum Gasteiger partial charge on any atom is -0.355 e. The van der Waals surface area contributed by atoms with Gasteiger partial charge in [-0.3, -0.25) is 9.59 Å². The molecule has 0 spiro atoms.